The highest BCUT2D eigenvalue weighted by Gasteiger charge is 2.26. The third-order valence-corrected chi connectivity index (χ3v) is 4.94. The molecule has 0 unspecified atom stereocenters. The Morgan fingerprint density at radius 3 is 2.13 bits per heavy atom. The second-order valence-electron chi connectivity index (χ2n) is 8.64. The van der Waals surface area contributed by atoms with E-state index in [0.717, 1.165) is 16.8 Å². The molecule has 0 aromatic heterocycles. The lowest BCUT2D eigenvalue weighted by Gasteiger charge is -2.28. The fourth-order valence-corrected chi connectivity index (χ4v) is 3.13. The normalized spacial score (nSPS) is 11.8. The number of ether oxygens (including phenoxy) is 2. The van der Waals surface area contributed by atoms with Crippen molar-refractivity contribution in [3.05, 3.63) is 71.8 Å². The topological polar surface area (TPSA) is 47.6 Å². The summed E-state index contributed by atoms with van der Waals surface area (Å²) in [7, 11) is 1.85. The second kappa shape index (κ2) is 10.3. The van der Waals surface area contributed by atoms with Crippen molar-refractivity contribution in [3.63, 3.8) is 0 Å². The molecule has 0 radical (unpaired) electrons. The predicted molar refractivity (Wildman–Crippen MR) is 131 cm³/mol. The molecule has 4 nitrogen and oxygen atoms in total. The summed E-state index contributed by atoms with van der Waals surface area (Å²) in [5.41, 5.74) is 3.03. The minimum absolute atomic E-state index is 0.0119. The molecule has 2 aromatic rings. The van der Waals surface area contributed by atoms with Crippen molar-refractivity contribution in [2.75, 3.05) is 12.4 Å². The van der Waals surface area contributed by atoms with Crippen molar-refractivity contribution in [2.45, 2.75) is 59.2 Å². The number of anilines is 1. The van der Waals surface area contributed by atoms with Gasteiger partial charge < -0.3 is 14.8 Å². The van der Waals surface area contributed by atoms with Gasteiger partial charge in [0.15, 0.2) is 5.78 Å². The van der Waals surface area contributed by atoms with E-state index in [2.05, 4.69) is 25.7 Å². The number of hydrogen-bond acceptors (Lipinski definition) is 4. The van der Waals surface area contributed by atoms with Crippen LogP contribution in [0.1, 0.15) is 63.0 Å². The average Bonchev–Trinajstić information content (AvgIpc) is 2.72. The number of hydrogen-bond donors (Lipinski definition) is 1. The van der Waals surface area contributed by atoms with Gasteiger partial charge in [0.2, 0.25) is 0 Å². The van der Waals surface area contributed by atoms with E-state index in [-0.39, 0.29) is 23.4 Å². The van der Waals surface area contributed by atoms with E-state index in [0.29, 0.717) is 17.1 Å². The zero-order chi connectivity index (χ0) is 23.2. The van der Waals surface area contributed by atoms with Crippen LogP contribution in [0.25, 0.3) is 6.08 Å². The van der Waals surface area contributed by atoms with Crippen LogP contribution in [0, 0.1) is 0 Å². The highest BCUT2D eigenvalue weighted by Crippen LogP contribution is 2.41. The van der Waals surface area contributed by atoms with Crippen molar-refractivity contribution in [3.8, 4) is 11.5 Å². The van der Waals surface area contributed by atoms with Gasteiger partial charge in [-0.15, -0.1) is 6.58 Å². The average molecular weight is 422 g/mol. The van der Waals surface area contributed by atoms with Crippen LogP contribution in [0.2, 0.25) is 0 Å². The van der Waals surface area contributed by atoms with Crippen LogP contribution in [0.3, 0.4) is 0 Å². The van der Waals surface area contributed by atoms with Crippen molar-refractivity contribution in [1.29, 1.82) is 0 Å². The lowest BCUT2D eigenvalue weighted by molar-refractivity contribution is 0.104. The molecule has 31 heavy (non-hydrogen) atoms. The first-order valence-electron chi connectivity index (χ1n) is 10.7. The number of nitrogens with one attached hydrogen (secondary N) is 1. The quantitative estimate of drug-likeness (QED) is 0.265. The number of allylic oxidation sites excluding steroid dienone is 2. The fraction of sp³-hybridized carbons (Fsp3) is 0.370. The van der Waals surface area contributed by atoms with Gasteiger partial charge in [-0.05, 0) is 70.2 Å². The van der Waals surface area contributed by atoms with E-state index < -0.39 is 0 Å². The molecule has 0 atom stereocenters. The molecule has 0 fully saturated rings. The molecule has 0 heterocycles. The van der Waals surface area contributed by atoms with Crippen molar-refractivity contribution < 1.29 is 14.3 Å². The maximum absolute atomic E-state index is 12.8. The lowest BCUT2D eigenvalue weighted by atomic mass is 9.83. The van der Waals surface area contributed by atoms with Crippen LogP contribution in [-0.2, 0) is 5.41 Å². The number of ketones is 1. The summed E-state index contributed by atoms with van der Waals surface area (Å²) in [4.78, 5) is 12.8. The molecule has 4 heteroatoms. The van der Waals surface area contributed by atoms with Crippen molar-refractivity contribution >= 4 is 17.5 Å². The Kier molecular flexibility index (Phi) is 8.09. The lowest BCUT2D eigenvalue weighted by Crippen LogP contribution is -2.19. The maximum atomic E-state index is 12.8. The summed E-state index contributed by atoms with van der Waals surface area (Å²) in [5.74, 6) is 1.32. The number of carbonyl (C=O) groups excluding carboxylic acids is 1. The van der Waals surface area contributed by atoms with Gasteiger partial charge in [-0.2, -0.15) is 0 Å². The van der Waals surface area contributed by atoms with E-state index in [9.17, 15) is 4.79 Å². The SMILES string of the molecule is C=CC(C)(C)c1ccc(OC(C)C)c(C=CC(=O)c2ccc(NC)cc2)c1OC(C)C. The van der Waals surface area contributed by atoms with Gasteiger partial charge in [0.25, 0.3) is 0 Å². The van der Waals surface area contributed by atoms with Crippen LogP contribution < -0.4 is 14.8 Å². The van der Waals surface area contributed by atoms with Crippen LogP contribution >= 0.6 is 0 Å². The van der Waals surface area contributed by atoms with Gasteiger partial charge in [0.05, 0.1) is 17.8 Å². The number of benzene rings is 2. The third kappa shape index (κ3) is 6.24. The Morgan fingerprint density at radius 1 is 1.00 bits per heavy atom. The molecule has 0 bridgehead atoms. The Labute approximate surface area is 187 Å². The Bertz CT molecular complexity index is 938. The first-order chi connectivity index (χ1) is 14.6. The molecule has 0 aliphatic rings. The number of rotatable bonds is 10. The largest absolute Gasteiger partial charge is 0.490 e. The number of carbonyl (C=O) groups is 1. The minimum Gasteiger partial charge on any atom is -0.490 e. The first-order valence-corrected chi connectivity index (χ1v) is 10.7. The van der Waals surface area contributed by atoms with Crippen LogP contribution in [0.4, 0.5) is 5.69 Å². The molecular weight excluding hydrogens is 386 g/mol. The zero-order valence-electron chi connectivity index (χ0n) is 19.8. The second-order valence-corrected chi connectivity index (χ2v) is 8.64. The minimum atomic E-state index is -0.309. The molecule has 0 spiro atoms. The predicted octanol–water partition coefficient (Wildman–Crippen LogP) is 6.66. The molecule has 1 N–H and O–H groups in total. The van der Waals surface area contributed by atoms with E-state index in [4.69, 9.17) is 9.47 Å². The van der Waals surface area contributed by atoms with Crippen LogP contribution in [-0.4, -0.2) is 25.0 Å². The molecule has 0 saturated heterocycles. The smallest absolute Gasteiger partial charge is 0.185 e. The molecule has 2 rings (SSSR count). The van der Waals surface area contributed by atoms with Crippen molar-refractivity contribution in [1.82, 2.24) is 0 Å². The van der Waals surface area contributed by atoms with Gasteiger partial charge in [0, 0.05) is 29.3 Å². The zero-order valence-corrected chi connectivity index (χ0v) is 19.8. The Hall–Kier alpha value is -3.01. The van der Waals surface area contributed by atoms with E-state index in [1.54, 1.807) is 12.2 Å². The molecule has 0 saturated carbocycles. The van der Waals surface area contributed by atoms with E-state index in [1.807, 2.05) is 77.2 Å². The van der Waals surface area contributed by atoms with Gasteiger partial charge in [-0.3, -0.25) is 4.79 Å². The molecule has 0 aliphatic carbocycles. The monoisotopic (exact) mass is 421 g/mol. The van der Waals surface area contributed by atoms with Gasteiger partial charge in [-0.25, -0.2) is 0 Å². The summed E-state index contributed by atoms with van der Waals surface area (Å²) in [6, 6.07) is 11.4. The maximum Gasteiger partial charge on any atom is 0.185 e. The standard InChI is InChI=1S/C27H35NO3/c1-9-27(6,7)23-15-17-25(30-18(2)3)22(26(23)31-19(4)5)14-16-24(29)20-10-12-21(28-8)13-11-20/h9-19,28H,1H2,2-8H3. The molecule has 166 valence electrons. The van der Waals surface area contributed by atoms with Crippen LogP contribution in [0.15, 0.2) is 55.1 Å². The molecule has 0 aliphatic heterocycles. The molecule has 2 aromatic carbocycles. The summed E-state index contributed by atoms with van der Waals surface area (Å²) in [6.45, 7) is 16.1. The van der Waals surface area contributed by atoms with E-state index >= 15 is 0 Å². The Balaban J connectivity index is 2.59. The summed E-state index contributed by atoms with van der Waals surface area (Å²) < 4.78 is 12.3. The summed E-state index contributed by atoms with van der Waals surface area (Å²) >= 11 is 0. The van der Waals surface area contributed by atoms with Gasteiger partial charge in [-0.1, -0.05) is 26.0 Å². The summed E-state index contributed by atoms with van der Waals surface area (Å²) in [6.07, 6.45) is 5.23. The van der Waals surface area contributed by atoms with Gasteiger partial charge in [0.1, 0.15) is 11.5 Å². The Morgan fingerprint density at radius 2 is 1.61 bits per heavy atom. The van der Waals surface area contributed by atoms with Crippen LogP contribution in [0.5, 0.6) is 11.5 Å². The molecule has 0 amide bonds. The summed E-state index contributed by atoms with van der Waals surface area (Å²) in [5, 5.41) is 3.06. The van der Waals surface area contributed by atoms with Crippen molar-refractivity contribution in [2.24, 2.45) is 0 Å². The first kappa shape index (κ1) is 24.3. The highest BCUT2D eigenvalue weighted by atomic mass is 16.5. The fourth-order valence-electron chi connectivity index (χ4n) is 3.13. The van der Waals surface area contributed by atoms with Gasteiger partial charge >= 0.3 is 0 Å². The third-order valence-electron chi connectivity index (χ3n) is 4.94. The molecular formula is C27H35NO3. The van der Waals surface area contributed by atoms with E-state index in [1.165, 1.54) is 0 Å². The highest BCUT2D eigenvalue weighted by molar-refractivity contribution is 6.07.